The summed E-state index contributed by atoms with van der Waals surface area (Å²) in [4.78, 5) is 29.6. The van der Waals surface area contributed by atoms with Crippen molar-refractivity contribution in [1.29, 1.82) is 0 Å². The zero-order chi connectivity index (χ0) is 31.7. The molecule has 0 saturated heterocycles. The summed E-state index contributed by atoms with van der Waals surface area (Å²) in [5, 5.41) is 3.91. The van der Waals surface area contributed by atoms with Crippen LogP contribution in [0.15, 0.2) is 108 Å². The second-order valence-electron chi connectivity index (χ2n) is 10.4. The number of anilines is 1. The highest BCUT2D eigenvalue weighted by Gasteiger charge is 2.35. The number of hydrogen-bond donors (Lipinski definition) is 1. The fourth-order valence-electron chi connectivity index (χ4n) is 4.84. The van der Waals surface area contributed by atoms with E-state index in [1.807, 2.05) is 37.3 Å². The molecule has 0 aliphatic carbocycles. The van der Waals surface area contributed by atoms with Crippen LogP contribution in [0.5, 0.6) is 0 Å². The predicted molar refractivity (Wildman–Crippen MR) is 176 cm³/mol. The highest BCUT2D eigenvalue weighted by atomic mass is 35.5. The Morgan fingerprint density at radius 2 is 1.43 bits per heavy atom. The van der Waals surface area contributed by atoms with Crippen LogP contribution in [0.2, 0.25) is 10.0 Å². The lowest BCUT2D eigenvalue weighted by atomic mass is 10.0. The van der Waals surface area contributed by atoms with Crippen LogP contribution in [0, 0.1) is 6.92 Å². The Hall–Kier alpha value is -3.85. The Balaban J connectivity index is 1.81. The number of sulfonamides is 1. The highest BCUT2D eigenvalue weighted by molar-refractivity contribution is 7.92. The molecule has 0 aliphatic heterocycles. The van der Waals surface area contributed by atoms with Crippen molar-refractivity contribution in [2.24, 2.45) is 0 Å². The Bertz CT molecular complexity index is 1670. The molecule has 4 aromatic rings. The van der Waals surface area contributed by atoms with Crippen LogP contribution in [-0.2, 0) is 32.6 Å². The summed E-state index contributed by atoms with van der Waals surface area (Å²) in [6, 6.07) is 28.3. The first kappa shape index (κ1) is 33.1. The topological polar surface area (TPSA) is 86.8 Å². The van der Waals surface area contributed by atoms with Gasteiger partial charge in [-0.15, -0.1) is 0 Å². The molecule has 10 heteroatoms. The number of carbonyl (C=O) groups is 2. The highest BCUT2D eigenvalue weighted by Crippen LogP contribution is 2.29. The van der Waals surface area contributed by atoms with Gasteiger partial charge in [0.2, 0.25) is 11.8 Å². The second-order valence-corrected chi connectivity index (χ2v) is 13.1. The van der Waals surface area contributed by atoms with E-state index in [4.69, 9.17) is 23.2 Å². The monoisotopic (exact) mass is 651 g/mol. The average molecular weight is 653 g/mol. The van der Waals surface area contributed by atoms with Crippen molar-refractivity contribution in [2.75, 3.05) is 17.4 Å². The van der Waals surface area contributed by atoms with Crippen molar-refractivity contribution in [3.05, 3.63) is 130 Å². The fraction of sp³-hybridized carbons (Fsp3) is 0.235. The predicted octanol–water partition coefficient (Wildman–Crippen LogP) is 6.66. The summed E-state index contributed by atoms with van der Waals surface area (Å²) >= 11 is 12.3. The van der Waals surface area contributed by atoms with Gasteiger partial charge in [-0.1, -0.05) is 90.8 Å². The van der Waals surface area contributed by atoms with Crippen molar-refractivity contribution in [1.82, 2.24) is 10.2 Å². The molecule has 1 atom stereocenters. The number of halogens is 2. The molecule has 0 saturated carbocycles. The zero-order valence-corrected chi connectivity index (χ0v) is 26.9. The molecule has 0 aromatic heterocycles. The largest absolute Gasteiger partial charge is 0.354 e. The van der Waals surface area contributed by atoms with Gasteiger partial charge in [0, 0.05) is 29.6 Å². The van der Waals surface area contributed by atoms with Gasteiger partial charge < -0.3 is 10.2 Å². The van der Waals surface area contributed by atoms with Gasteiger partial charge in [-0.25, -0.2) is 8.42 Å². The van der Waals surface area contributed by atoms with E-state index in [0.29, 0.717) is 34.3 Å². The maximum atomic E-state index is 14.5. The second kappa shape index (κ2) is 15.2. The van der Waals surface area contributed by atoms with E-state index >= 15 is 0 Å². The van der Waals surface area contributed by atoms with Crippen molar-refractivity contribution >= 4 is 50.7 Å². The Labute approximate surface area is 269 Å². The molecule has 0 radical (unpaired) electrons. The Morgan fingerprint density at radius 1 is 0.818 bits per heavy atom. The summed E-state index contributed by atoms with van der Waals surface area (Å²) in [6.07, 6.45) is 0.953. The SMILES string of the molecule is CCCNC(=O)C(Cc1ccccc1)N(Cc1ccc(Cl)cc1)C(=O)CN(c1ccc(Cl)cc1C)S(=O)(=O)c1ccccc1. The molecule has 0 fully saturated rings. The van der Waals surface area contributed by atoms with Gasteiger partial charge in [0.05, 0.1) is 10.6 Å². The third-order valence-electron chi connectivity index (χ3n) is 7.12. The lowest BCUT2D eigenvalue weighted by molar-refractivity contribution is -0.140. The molecule has 1 unspecified atom stereocenters. The molecule has 0 bridgehead atoms. The van der Waals surface area contributed by atoms with E-state index in [2.05, 4.69) is 5.32 Å². The van der Waals surface area contributed by atoms with Crippen molar-refractivity contribution in [3.63, 3.8) is 0 Å². The maximum absolute atomic E-state index is 14.5. The van der Waals surface area contributed by atoms with Gasteiger partial charge in [-0.05, 0) is 72.5 Å². The molecule has 0 aliphatic rings. The molecular formula is C34H35Cl2N3O4S. The Morgan fingerprint density at radius 3 is 2.05 bits per heavy atom. The van der Waals surface area contributed by atoms with Gasteiger partial charge in [0.1, 0.15) is 12.6 Å². The standard InChI is InChI=1S/C34H35Cl2N3O4S/c1-3-20-37-34(41)32(22-26-10-6-4-7-11-26)38(23-27-14-16-28(35)17-15-27)33(40)24-39(31-19-18-29(36)21-25(31)2)44(42,43)30-12-8-5-9-13-30/h4-19,21,32H,3,20,22-24H2,1-2H3,(H,37,41). The van der Waals surface area contributed by atoms with Crippen LogP contribution in [-0.4, -0.2) is 44.3 Å². The third-order valence-corrected chi connectivity index (χ3v) is 9.39. The number of aryl methyl sites for hydroxylation is 1. The smallest absolute Gasteiger partial charge is 0.264 e. The molecule has 1 N–H and O–H groups in total. The summed E-state index contributed by atoms with van der Waals surface area (Å²) < 4.78 is 29.3. The van der Waals surface area contributed by atoms with Crippen LogP contribution in [0.4, 0.5) is 5.69 Å². The zero-order valence-electron chi connectivity index (χ0n) is 24.6. The molecule has 7 nitrogen and oxygen atoms in total. The van der Waals surface area contributed by atoms with Crippen molar-refractivity contribution < 1.29 is 18.0 Å². The minimum absolute atomic E-state index is 0.0351. The van der Waals surface area contributed by atoms with Gasteiger partial charge in [0.15, 0.2) is 0 Å². The van der Waals surface area contributed by atoms with E-state index in [0.717, 1.165) is 15.4 Å². The summed E-state index contributed by atoms with van der Waals surface area (Å²) in [7, 11) is -4.19. The summed E-state index contributed by atoms with van der Waals surface area (Å²) in [6.45, 7) is 3.64. The Kier molecular flexibility index (Phi) is 11.4. The van der Waals surface area contributed by atoms with Crippen LogP contribution >= 0.6 is 23.2 Å². The van der Waals surface area contributed by atoms with E-state index in [-0.39, 0.29) is 23.8 Å². The lowest BCUT2D eigenvalue weighted by Gasteiger charge is -2.34. The quantitative estimate of drug-likeness (QED) is 0.175. The minimum atomic E-state index is -4.19. The first-order valence-corrected chi connectivity index (χ1v) is 16.5. The number of nitrogens with zero attached hydrogens (tertiary/aromatic N) is 2. The number of amides is 2. The van der Waals surface area contributed by atoms with Gasteiger partial charge in [-0.2, -0.15) is 0 Å². The van der Waals surface area contributed by atoms with Crippen LogP contribution in [0.25, 0.3) is 0 Å². The van der Waals surface area contributed by atoms with Crippen molar-refractivity contribution in [2.45, 2.75) is 44.2 Å². The van der Waals surface area contributed by atoms with Gasteiger partial charge in [-0.3, -0.25) is 13.9 Å². The normalized spacial score (nSPS) is 11.9. The van der Waals surface area contributed by atoms with Gasteiger partial charge in [0.25, 0.3) is 10.0 Å². The minimum Gasteiger partial charge on any atom is -0.354 e. The lowest BCUT2D eigenvalue weighted by Crippen LogP contribution is -2.53. The van der Waals surface area contributed by atoms with E-state index in [1.165, 1.54) is 17.0 Å². The summed E-state index contributed by atoms with van der Waals surface area (Å²) in [5.41, 5.74) is 2.49. The molecule has 0 spiro atoms. The third kappa shape index (κ3) is 8.40. The van der Waals surface area contributed by atoms with E-state index in [9.17, 15) is 18.0 Å². The molecule has 4 rings (SSSR count). The molecule has 0 heterocycles. The molecule has 2 amide bonds. The first-order valence-electron chi connectivity index (χ1n) is 14.3. The number of hydrogen-bond acceptors (Lipinski definition) is 4. The fourth-order valence-corrected chi connectivity index (χ4v) is 6.69. The van der Waals surface area contributed by atoms with E-state index in [1.54, 1.807) is 67.6 Å². The van der Waals surface area contributed by atoms with E-state index < -0.39 is 28.5 Å². The number of rotatable bonds is 13. The molecule has 230 valence electrons. The van der Waals surface area contributed by atoms with Crippen LogP contribution in [0.1, 0.15) is 30.0 Å². The summed E-state index contributed by atoms with van der Waals surface area (Å²) in [5.74, 6) is -0.862. The number of carbonyl (C=O) groups excluding carboxylic acids is 2. The number of nitrogens with one attached hydrogen (secondary N) is 1. The van der Waals surface area contributed by atoms with Crippen molar-refractivity contribution in [3.8, 4) is 0 Å². The van der Waals surface area contributed by atoms with Gasteiger partial charge >= 0.3 is 0 Å². The van der Waals surface area contributed by atoms with Crippen LogP contribution in [0.3, 0.4) is 0 Å². The molecular weight excluding hydrogens is 617 g/mol. The first-order chi connectivity index (χ1) is 21.1. The average Bonchev–Trinajstić information content (AvgIpc) is 3.02. The molecule has 44 heavy (non-hydrogen) atoms. The maximum Gasteiger partial charge on any atom is 0.264 e. The number of benzene rings is 4. The molecule has 4 aromatic carbocycles. The van der Waals surface area contributed by atoms with Crippen LogP contribution < -0.4 is 9.62 Å².